The van der Waals surface area contributed by atoms with E-state index in [9.17, 15) is 9.59 Å². The van der Waals surface area contributed by atoms with Gasteiger partial charge in [0, 0.05) is 25.2 Å². The first-order chi connectivity index (χ1) is 14.5. The summed E-state index contributed by atoms with van der Waals surface area (Å²) in [6.07, 6.45) is 4.24. The standard InChI is InChI=1S/C21H22BrN3O5/c1-2-29-18-10-14(11-23)9-17(22)20(18)30-13-19(26)24-16-3-6-25(7-4-16)21(27)15-5-8-28-12-15/h5,8-10,12,16H,2-4,6-7,13H2,1H3,(H,24,26). The van der Waals surface area contributed by atoms with Gasteiger partial charge in [0.1, 0.15) is 6.26 Å². The lowest BCUT2D eigenvalue weighted by atomic mass is 10.0. The average molecular weight is 476 g/mol. The third-order valence-electron chi connectivity index (χ3n) is 4.70. The van der Waals surface area contributed by atoms with Gasteiger partial charge in [-0.15, -0.1) is 0 Å². The van der Waals surface area contributed by atoms with E-state index in [2.05, 4.69) is 27.3 Å². The van der Waals surface area contributed by atoms with Gasteiger partial charge in [0.05, 0.1) is 34.5 Å². The second kappa shape index (κ2) is 10.2. The molecule has 0 saturated carbocycles. The molecule has 0 spiro atoms. The predicted octanol–water partition coefficient (Wildman–Crippen LogP) is 3.11. The van der Waals surface area contributed by atoms with Gasteiger partial charge < -0.3 is 24.1 Å². The molecule has 3 rings (SSSR count). The second-order valence-electron chi connectivity index (χ2n) is 6.76. The summed E-state index contributed by atoms with van der Waals surface area (Å²) < 4.78 is 16.7. The van der Waals surface area contributed by atoms with Crippen molar-refractivity contribution in [1.82, 2.24) is 10.2 Å². The van der Waals surface area contributed by atoms with Gasteiger partial charge in [-0.25, -0.2) is 0 Å². The van der Waals surface area contributed by atoms with E-state index in [4.69, 9.17) is 19.2 Å². The molecule has 0 aliphatic carbocycles. The van der Waals surface area contributed by atoms with E-state index in [1.54, 1.807) is 23.1 Å². The summed E-state index contributed by atoms with van der Waals surface area (Å²) in [5.41, 5.74) is 0.961. The summed E-state index contributed by atoms with van der Waals surface area (Å²) in [6.45, 7) is 3.17. The largest absolute Gasteiger partial charge is 0.490 e. The molecule has 2 aromatic rings. The highest BCUT2D eigenvalue weighted by Crippen LogP contribution is 2.36. The molecular weight excluding hydrogens is 454 g/mol. The predicted molar refractivity (Wildman–Crippen MR) is 111 cm³/mol. The van der Waals surface area contributed by atoms with Crippen LogP contribution in [0, 0.1) is 11.3 Å². The molecule has 0 unspecified atom stereocenters. The fourth-order valence-electron chi connectivity index (χ4n) is 3.24. The summed E-state index contributed by atoms with van der Waals surface area (Å²) in [7, 11) is 0. The highest BCUT2D eigenvalue weighted by Gasteiger charge is 2.25. The van der Waals surface area contributed by atoms with Crippen molar-refractivity contribution in [2.75, 3.05) is 26.3 Å². The Balaban J connectivity index is 1.50. The van der Waals surface area contributed by atoms with Crippen LogP contribution in [0.4, 0.5) is 0 Å². The highest BCUT2D eigenvalue weighted by molar-refractivity contribution is 9.10. The molecule has 1 N–H and O–H groups in total. The van der Waals surface area contributed by atoms with Crippen LogP contribution in [0.3, 0.4) is 0 Å². The van der Waals surface area contributed by atoms with Crippen molar-refractivity contribution in [2.24, 2.45) is 0 Å². The monoisotopic (exact) mass is 475 g/mol. The molecule has 9 heteroatoms. The van der Waals surface area contributed by atoms with E-state index in [1.807, 2.05) is 6.92 Å². The summed E-state index contributed by atoms with van der Waals surface area (Å²) in [5, 5.41) is 12.0. The Morgan fingerprint density at radius 3 is 2.73 bits per heavy atom. The number of amides is 2. The molecule has 1 aromatic heterocycles. The van der Waals surface area contributed by atoms with Gasteiger partial charge in [-0.05, 0) is 47.8 Å². The Labute approximate surface area is 182 Å². The number of likely N-dealkylation sites (tertiary alicyclic amines) is 1. The molecule has 1 aliphatic heterocycles. The van der Waals surface area contributed by atoms with Crippen LogP contribution in [0.15, 0.2) is 39.6 Å². The quantitative estimate of drug-likeness (QED) is 0.659. The van der Waals surface area contributed by atoms with Crippen molar-refractivity contribution >= 4 is 27.7 Å². The van der Waals surface area contributed by atoms with E-state index in [-0.39, 0.29) is 24.5 Å². The molecule has 1 saturated heterocycles. The minimum absolute atomic E-state index is 0.0229. The summed E-state index contributed by atoms with van der Waals surface area (Å²) >= 11 is 3.36. The molecule has 1 aromatic carbocycles. The minimum Gasteiger partial charge on any atom is -0.490 e. The van der Waals surface area contributed by atoms with E-state index >= 15 is 0 Å². The molecule has 2 amide bonds. The Morgan fingerprint density at radius 2 is 2.10 bits per heavy atom. The molecule has 0 bridgehead atoms. The third-order valence-corrected chi connectivity index (χ3v) is 5.29. The lowest BCUT2D eigenvalue weighted by Crippen LogP contribution is -2.47. The number of halogens is 1. The van der Waals surface area contributed by atoms with E-state index in [0.29, 0.717) is 59.6 Å². The average Bonchev–Trinajstić information content (AvgIpc) is 3.28. The Bertz CT molecular complexity index is 931. The van der Waals surface area contributed by atoms with Crippen LogP contribution in [-0.4, -0.2) is 49.1 Å². The van der Waals surface area contributed by atoms with Crippen LogP contribution in [0.2, 0.25) is 0 Å². The number of ether oxygens (including phenoxy) is 2. The highest BCUT2D eigenvalue weighted by atomic mass is 79.9. The number of nitriles is 1. The number of nitrogens with one attached hydrogen (secondary N) is 1. The molecule has 0 atom stereocenters. The van der Waals surface area contributed by atoms with Crippen LogP contribution < -0.4 is 14.8 Å². The molecular formula is C21H22BrN3O5. The maximum Gasteiger partial charge on any atom is 0.258 e. The normalized spacial score (nSPS) is 14.1. The lowest BCUT2D eigenvalue weighted by Gasteiger charge is -2.32. The van der Waals surface area contributed by atoms with Gasteiger partial charge in [0.15, 0.2) is 18.1 Å². The molecule has 30 heavy (non-hydrogen) atoms. The number of carbonyl (C=O) groups excluding carboxylic acids is 2. The van der Waals surface area contributed by atoms with Gasteiger partial charge in [0.25, 0.3) is 11.8 Å². The van der Waals surface area contributed by atoms with Crippen molar-refractivity contribution in [2.45, 2.75) is 25.8 Å². The Morgan fingerprint density at radius 1 is 1.33 bits per heavy atom. The number of piperidine rings is 1. The number of furan rings is 1. The molecule has 0 radical (unpaired) electrons. The number of hydrogen-bond donors (Lipinski definition) is 1. The smallest absolute Gasteiger partial charge is 0.258 e. The Kier molecular flexibility index (Phi) is 7.36. The zero-order valence-corrected chi connectivity index (χ0v) is 18.1. The van der Waals surface area contributed by atoms with Crippen LogP contribution >= 0.6 is 15.9 Å². The minimum atomic E-state index is -0.256. The number of carbonyl (C=O) groups is 2. The zero-order chi connectivity index (χ0) is 21.5. The summed E-state index contributed by atoms with van der Waals surface area (Å²) in [5.74, 6) is 0.466. The fourth-order valence-corrected chi connectivity index (χ4v) is 3.79. The van der Waals surface area contributed by atoms with E-state index in [0.717, 1.165) is 0 Å². The van der Waals surface area contributed by atoms with Crippen molar-refractivity contribution < 1.29 is 23.5 Å². The fraction of sp³-hybridized carbons (Fsp3) is 0.381. The zero-order valence-electron chi connectivity index (χ0n) is 16.5. The van der Waals surface area contributed by atoms with Crippen LogP contribution in [0.25, 0.3) is 0 Å². The summed E-state index contributed by atoms with van der Waals surface area (Å²) in [4.78, 5) is 26.4. The first-order valence-corrected chi connectivity index (χ1v) is 10.4. The number of hydrogen-bond acceptors (Lipinski definition) is 6. The first-order valence-electron chi connectivity index (χ1n) is 9.62. The van der Waals surface area contributed by atoms with Crippen molar-refractivity contribution in [3.8, 4) is 17.6 Å². The van der Waals surface area contributed by atoms with Crippen molar-refractivity contribution in [1.29, 1.82) is 5.26 Å². The number of rotatable bonds is 7. The number of nitrogens with zero attached hydrogens (tertiary/aromatic N) is 2. The van der Waals surface area contributed by atoms with Gasteiger partial charge in [-0.1, -0.05) is 0 Å². The van der Waals surface area contributed by atoms with E-state index in [1.165, 1.54) is 12.5 Å². The first kappa shape index (κ1) is 21.7. The van der Waals surface area contributed by atoms with Gasteiger partial charge in [-0.2, -0.15) is 5.26 Å². The van der Waals surface area contributed by atoms with Crippen molar-refractivity contribution in [3.63, 3.8) is 0 Å². The molecule has 1 aliphatic rings. The van der Waals surface area contributed by atoms with E-state index < -0.39 is 0 Å². The van der Waals surface area contributed by atoms with Gasteiger partial charge in [0.2, 0.25) is 0 Å². The maximum atomic E-state index is 12.4. The molecule has 158 valence electrons. The maximum absolute atomic E-state index is 12.4. The Hall–Kier alpha value is -2.99. The van der Waals surface area contributed by atoms with Crippen LogP contribution in [-0.2, 0) is 4.79 Å². The topological polar surface area (TPSA) is 105 Å². The molecule has 2 heterocycles. The van der Waals surface area contributed by atoms with Gasteiger partial charge in [-0.3, -0.25) is 9.59 Å². The number of benzene rings is 1. The van der Waals surface area contributed by atoms with Gasteiger partial charge >= 0.3 is 0 Å². The van der Waals surface area contributed by atoms with Crippen LogP contribution in [0.5, 0.6) is 11.5 Å². The molecule has 8 nitrogen and oxygen atoms in total. The summed E-state index contributed by atoms with van der Waals surface area (Å²) in [6, 6.07) is 6.87. The molecule has 1 fully saturated rings. The van der Waals surface area contributed by atoms with Crippen molar-refractivity contribution in [3.05, 3.63) is 46.3 Å². The van der Waals surface area contributed by atoms with Crippen LogP contribution in [0.1, 0.15) is 35.7 Å². The second-order valence-corrected chi connectivity index (χ2v) is 7.62. The lowest BCUT2D eigenvalue weighted by molar-refractivity contribution is -0.124. The third kappa shape index (κ3) is 5.33. The SMILES string of the molecule is CCOc1cc(C#N)cc(Br)c1OCC(=O)NC1CCN(C(=O)c2ccoc2)CC1.